The minimum absolute atomic E-state index is 0.0875. The van der Waals surface area contributed by atoms with Crippen LogP contribution in [0.15, 0.2) is 114 Å². The Morgan fingerprint density at radius 3 is 2.02 bits per heavy atom. The molecule has 1 aliphatic heterocycles. The van der Waals surface area contributed by atoms with Crippen molar-refractivity contribution in [3.8, 4) is 0 Å². The smallest absolute Gasteiger partial charge is 0.341 e. The Hall–Kier alpha value is -4.31. The number of amidine groups is 1. The monoisotopic (exact) mass is 611 g/mol. The van der Waals surface area contributed by atoms with Crippen LogP contribution >= 0.6 is 0 Å². The van der Waals surface area contributed by atoms with Gasteiger partial charge >= 0.3 is 5.97 Å². The number of carbonyl (C=O) groups is 1. The van der Waals surface area contributed by atoms with Crippen molar-refractivity contribution in [1.82, 2.24) is 9.21 Å². The second-order valence-corrected chi connectivity index (χ2v) is 13.1. The van der Waals surface area contributed by atoms with Crippen LogP contribution in [0, 0.1) is 0 Å². The summed E-state index contributed by atoms with van der Waals surface area (Å²) in [5.41, 5.74) is 3.22. The van der Waals surface area contributed by atoms with Gasteiger partial charge in [0, 0.05) is 26.2 Å². The predicted octanol–water partition coefficient (Wildman–Crippen LogP) is 5.03. The number of carbonyl (C=O) groups excluding carboxylic acids is 1. The van der Waals surface area contributed by atoms with E-state index in [-0.39, 0.29) is 19.0 Å². The molecule has 228 valence electrons. The van der Waals surface area contributed by atoms with Crippen LogP contribution < -0.4 is 0 Å². The van der Waals surface area contributed by atoms with Gasteiger partial charge < -0.3 is 14.7 Å². The van der Waals surface area contributed by atoms with Crippen LogP contribution in [-0.2, 0) is 44.0 Å². The summed E-state index contributed by atoms with van der Waals surface area (Å²) < 4.78 is 32.2. The zero-order valence-corrected chi connectivity index (χ0v) is 25.9. The first-order valence-corrected chi connectivity index (χ1v) is 16.1. The summed E-state index contributed by atoms with van der Waals surface area (Å²) in [6.07, 6.45) is 0. The lowest BCUT2D eigenvalue weighted by Gasteiger charge is -2.37. The molecule has 1 N–H and O–H groups in total. The fourth-order valence-corrected chi connectivity index (χ4v) is 6.44. The SMILES string of the molecule is CCOC(=O)[C@]1(c2ccccc2)N=C(c2ccc(CO)cc2)N(Cc2ccccc2)[C@@H]1c1ccc(CS(=O)(=O)N(C)C)cc1. The van der Waals surface area contributed by atoms with E-state index in [9.17, 15) is 18.3 Å². The molecule has 1 heterocycles. The molecular formula is C35H37N3O5S. The Kier molecular flexibility index (Phi) is 9.29. The van der Waals surface area contributed by atoms with Gasteiger partial charge in [0.05, 0.1) is 25.0 Å². The van der Waals surface area contributed by atoms with Gasteiger partial charge in [-0.3, -0.25) is 0 Å². The van der Waals surface area contributed by atoms with Crippen LogP contribution in [0.25, 0.3) is 0 Å². The largest absolute Gasteiger partial charge is 0.464 e. The Morgan fingerprint density at radius 1 is 0.864 bits per heavy atom. The van der Waals surface area contributed by atoms with Crippen molar-refractivity contribution in [2.24, 2.45) is 4.99 Å². The normalized spacial score (nSPS) is 18.3. The maximum atomic E-state index is 14.3. The first kappa shape index (κ1) is 31.1. The third kappa shape index (κ3) is 6.17. The Bertz CT molecular complexity index is 1710. The van der Waals surface area contributed by atoms with E-state index in [0.717, 1.165) is 22.3 Å². The van der Waals surface area contributed by atoms with Crippen molar-refractivity contribution in [2.75, 3.05) is 20.7 Å². The van der Waals surface area contributed by atoms with Crippen LogP contribution in [0.2, 0.25) is 0 Å². The molecule has 0 saturated heterocycles. The number of hydrogen-bond donors (Lipinski definition) is 1. The highest BCUT2D eigenvalue weighted by Crippen LogP contribution is 2.50. The molecule has 2 atom stereocenters. The molecule has 0 radical (unpaired) electrons. The van der Waals surface area contributed by atoms with Gasteiger partial charge in [-0.2, -0.15) is 0 Å². The highest BCUT2D eigenvalue weighted by molar-refractivity contribution is 7.88. The molecule has 44 heavy (non-hydrogen) atoms. The molecule has 4 aromatic carbocycles. The van der Waals surface area contributed by atoms with E-state index in [2.05, 4.69) is 4.90 Å². The van der Waals surface area contributed by atoms with Crippen LogP contribution in [0.5, 0.6) is 0 Å². The lowest BCUT2D eigenvalue weighted by Crippen LogP contribution is -2.44. The number of aliphatic hydroxyl groups excluding tert-OH is 1. The topological polar surface area (TPSA) is 99.5 Å². The van der Waals surface area contributed by atoms with Gasteiger partial charge in [0.1, 0.15) is 5.84 Å². The van der Waals surface area contributed by atoms with Crippen LogP contribution in [0.1, 0.15) is 46.3 Å². The number of ether oxygens (including phenoxy) is 1. The van der Waals surface area contributed by atoms with Gasteiger partial charge in [-0.15, -0.1) is 0 Å². The van der Waals surface area contributed by atoms with Crippen molar-refractivity contribution >= 4 is 21.8 Å². The fraction of sp³-hybridized carbons (Fsp3) is 0.257. The fourth-order valence-electron chi connectivity index (χ4n) is 5.56. The Morgan fingerprint density at radius 2 is 1.45 bits per heavy atom. The van der Waals surface area contributed by atoms with Gasteiger partial charge in [0.15, 0.2) is 0 Å². The van der Waals surface area contributed by atoms with Gasteiger partial charge in [-0.05, 0) is 34.7 Å². The second kappa shape index (κ2) is 13.1. The molecule has 0 aliphatic carbocycles. The van der Waals surface area contributed by atoms with E-state index in [1.165, 1.54) is 18.4 Å². The first-order chi connectivity index (χ1) is 21.2. The molecule has 8 nitrogen and oxygen atoms in total. The van der Waals surface area contributed by atoms with Crippen molar-refractivity contribution in [1.29, 1.82) is 0 Å². The highest BCUT2D eigenvalue weighted by atomic mass is 32.2. The number of nitrogens with zero attached hydrogens (tertiary/aromatic N) is 3. The first-order valence-electron chi connectivity index (χ1n) is 14.5. The van der Waals surface area contributed by atoms with E-state index in [1.807, 2.05) is 97.1 Å². The third-order valence-electron chi connectivity index (χ3n) is 7.85. The summed E-state index contributed by atoms with van der Waals surface area (Å²) in [5.74, 6) is -0.00528. The summed E-state index contributed by atoms with van der Waals surface area (Å²) in [6, 6.07) is 33.7. The number of rotatable bonds is 11. The highest BCUT2D eigenvalue weighted by Gasteiger charge is 2.57. The molecule has 1 aliphatic rings. The van der Waals surface area contributed by atoms with E-state index in [4.69, 9.17) is 9.73 Å². The molecule has 0 bridgehead atoms. The molecule has 0 aromatic heterocycles. The van der Waals surface area contributed by atoms with Crippen LogP contribution in [0.3, 0.4) is 0 Å². The summed E-state index contributed by atoms with van der Waals surface area (Å²) >= 11 is 0. The zero-order chi connectivity index (χ0) is 31.3. The number of aliphatic imine (C=N–C) groups is 1. The van der Waals surface area contributed by atoms with Gasteiger partial charge in [0.25, 0.3) is 0 Å². The average Bonchev–Trinajstić information content (AvgIpc) is 3.38. The average molecular weight is 612 g/mol. The summed E-state index contributed by atoms with van der Waals surface area (Å²) in [5, 5.41) is 9.68. The maximum Gasteiger partial charge on any atom is 0.341 e. The van der Waals surface area contributed by atoms with Gasteiger partial charge in [0.2, 0.25) is 15.6 Å². The quantitative estimate of drug-likeness (QED) is 0.239. The van der Waals surface area contributed by atoms with Gasteiger partial charge in [-0.25, -0.2) is 22.5 Å². The van der Waals surface area contributed by atoms with Crippen LogP contribution in [0.4, 0.5) is 0 Å². The second-order valence-electron chi connectivity index (χ2n) is 10.9. The van der Waals surface area contributed by atoms with E-state index < -0.39 is 27.6 Å². The molecule has 0 saturated carbocycles. The lowest BCUT2D eigenvalue weighted by atomic mass is 9.79. The summed E-state index contributed by atoms with van der Waals surface area (Å²) in [4.78, 5) is 21.7. The predicted molar refractivity (Wildman–Crippen MR) is 171 cm³/mol. The number of sulfonamides is 1. The van der Waals surface area contributed by atoms with Gasteiger partial charge in [-0.1, -0.05) is 109 Å². The zero-order valence-electron chi connectivity index (χ0n) is 25.1. The van der Waals surface area contributed by atoms with Crippen molar-refractivity contribution in [2.45, 2.75) is 37.4 Å². The lowest BCUT2D eigenvalue weighted by molar-refractivity contribution is -0.151. The standard InChI is InChI=1S/C35H37N3O5S/c1-4-43-34(40)35(31-13-9-6-10-14-31)32(29-19-17-28(18-20-29)25-44(41,42)37(2)3)38(23-26-11-7-5-8-12-26)33(36-35)30-21-15-27(24-39)16-22-30/h5-22,32,39H,4,23-25H2,1-3H3/t32-,35-/m1/s1. The van der Waals surface area contributed by atoms with Crippen molar-refractivity contribution in [3.05, 3.63) is 143 Å². The molecule has 0 fully saturated rings. The summed E-state index contributed by atoms with van der Waals surface area (Å²) in [6.45, 7) is 2.31. The number of esters is 1. The number of hydrogen-bond acceptors (Lipinski definition) is 7. The maximum absolute atomic E-state index is 14.3. The molecule has 0 unspecified atom stereocenters. The summed E-state index contributed by atoms with van der Waals surface area (Å²) in [7, 11) is -0.429. The number of aliphatic hydroxyl groups is 1. The molecular weight excluding hydrogens is 574 g/mol. The number of benzene rings is 4. The van der Waals surface area contributed by atoms with E-state index >= 15 is 0 Å². The molecule has 0 amide bonds. The van der Waals surface area contributed by atoms with E-state index in [1.54, 1.807) is 19.1 Å². The molecule has 0 spiro atoms. The van der Waals surface area contributed by atoms with Crippen LogP contribution in [-0.4, -0.2) is 55.2 Å². The Balaban J connectivity index is 1.74. The van der Waals surface area contributed by atoms with E-state index in [0.29, 0.717) is 23.5 Å². The minimum atomic E-state index is -3.46. The van der Waals surface area contributed by atoms with Crippen molar-refractivity contribution < 1.29 is 23.1 Å². The van der Waals surface area contributed by atoms with Crippen molar-refractivity contribution in [3.63, 3.8) is 0 Å². The molecule has 9 heteroatoms. The minimum Gasteiger partial charge on any atom is -0.464 e. The molecule has 4 aromatic rings. The Labute approximate surface area is 259 Å². The third-order valence-corrected chi connectivity index (χ3v) is 9.66. The molecule has 5 rings (SSSR count).